The van der Waals surface area contributed by atoms with Gasteiger partial charge in [-0.3, -0.25) is 9.78 Å². The number of pyridine rings is 1. The summed E-state index contributed by atoms with van der Waals surface area (Å²) in [6.07, 6.45) is 5.82. The molecule has 4 heteroatoms. The van der Waals surface area contributed by atoms with E-state index in [9.17, 15) is 4.79 Å². The molecule has 0 saturated heterocycles. The number of nitrogens with zero attached hydrogens (tertiary/aromatic N) is 3. The molecule has 120 valence electrons. The van der Waals surface area contributed by atoms with E-state index in [1.54, 1.807) is 12.5 Å². The van der Waals surface area contributed by atoms with Crippen LogP contribution in [-0.2, 0) is 0 Å². The Morgan fingerprint density at radius 2 is 1.80 bits per heavy atom. The summed E-state index contributed by atoms with van der Waals surface area (Å²) in [6, 6.07) is 18.0. The average molecular weight is 325 g/mol. The Bertz CT molecular complexity index is 1110. The number of aromatic nitrogens is 3. The van der Waals surface area contributed by atoms with Crippen LogP contribution in [0.4, 0.5) is 0 Å². The second kappa shape index (κ2) is 5.38. The smallest absolute Gasteiger partial charge is 0.183 e. The summed E-state index contributed by atoms with van der Waals surface area (Å²) >= 11 is 0. The Labute approximate surface area is 144 Å². The molecule has 0 N–H and O–H groups in total. The summed E-state index contributed by atoms with van der Waals surface area (Å²) in [5.41, 5.74) is 3.92. The van der Waals surface area contributed by atoms with Gasteiger partial charge in [-0.1, -0.05) is 48.5 Å². The zero-order valence-corrected chi connectivity index (χ0v) is 13.5. The Morgan fingerprint density at radius 3 is 2.72 bits per heavy atom. The fraction of sp³-hybridized carbons (Fsp3) is 0.0952. The molecule has 3 heterocycles. The van der Waals surface area contributed by atoms with Crippen molar-refractivity contribution in [2.75, 3.05) is 0 Å². The fourth-order valence-corrected chi connectivity index (χ4v) is 3.66. The predicted molar refractivity (Wildman–Crippen MR) is 96.5 cm³/mol. The third kappa shape index (κ3) is 2.18. The molecule has 0 amide bonds. The molecule has 5 rings (SSSR count). The second-order valence-electron chi connectivity index (χ2n) is 6.33. The van der Waals surface area contributed by atoms with Gasteiger partial charge in [0.15, 0.2) is 5.78 Å². The first-order chi connectivity index (χ1) is 12.3. The monoisotopic (exact) mass is 325 g/mol. The number of fused-ring (bicyclic) bond motifs is 4. The number of carbonyl (C=O) groups excluding carboxylic acids is 1. The highest BCUT2D eigenvalue weighted by molar-refractivity contribution is 5.98. The maximum Gasteiger partial charge on any atom is 0.183 e. The van der Waals surface area contributed by atoms with E-state index in [1.165, 1.54) is 5.56 Å². The van der Waals surface area contributed by atoms with Gasteiger partial charge >= 0.3 is 0 Å². The highest BCUT2D eigenvalue weighted by atomic mass is 16.1. The summed E-state index contributed by atoms with van der Waals surface area (Å²) in [4.78, 5) is 21.5. The van der Waals surface area contributed by atoms with Crippen LogP contribution in [0.2, 0.25) is 0 Å². The molecule has 0 saturated carbocycles. The number of ketones is 1. The van der Waals surface area contributed by atoms with Crippen LogP contribution < -0.4 is 0 Å². The summed E-state index contributed by atoms with van der Waals surface area (Å²) in [7, 11) is 0. The molecule has 1 aliphatic heterocycles. The lowest BCUT2D eigenvalue weighted by Gasteiger charge is -2.14. The third-order valence-corrected chi connectivity index (χ3v) is 4.89. The first-order valence-corrected chi connectivity index (χ1v) is 8.30. The van der Waals surface area contributed by atoms with Crippen LogP contribution >= 0.6 is 0 Å². The van der Waals surface area contributed by atoms with E-state index in [4.69, 9.17) is 0 Å². The lowest BCUT2D eigenvalue weighted by molar-refractivity contribution is 0.0966. The largest absolute Gasteiger partial charge is 0.322 e. The predicted octanol–water partition coefficient (Wildman–Crippen LogP) is 4.27. The lowest BCUT2D eigenvalue weighted by atomic mass is 9.98. The minimum atomic E-state index is -0.0190. The quantitative estimate of drug-likeness (QED) is 0.528. The second-order valence-corrected chi connectivity index (χ2v) is 6.33. The zero-order valence-electron chi connectivity index (χ0n) is 13.5. The molecular formula is C21H15N3O. The van der Waals surface area contributed by atoms with Crippen molar-refractivity contribution in [1.29, 1.82) is 0 Å². The van der Waals surface area contributed by atoms with Gasteiger partial charge in [0.1, 0.15) is 5.69 Å². The van der Waals surface area contributed by atoms with E-state index in [-0.39, 0.29) is 11.8 Å². The normalized spacial score (nSPS) is 15.1. The van der Waals surface area contributed by atoms with Gasteiger partial charge in [-0.05, 0) is 17.0 Å². The van der Waals surface area contributed by atoms with Crippen molar-refractivity contribution in [3.63, 3.8) is 0 Å². The number of benzene rings is 2. The van der Waals surface area contributed by atoms with Gasteiger partial charge in [0, 0.05) is 23.6 Å². The van der Waals surface area contributed by atoms with E-state index in [1.807, 2.05) is 48.7 Å². The van der Waals surface area contributed by atoms with Crippen molar-refractivity contribution in [1.82, 2.24) is 14.5 Å². The van der Waals surface area contributed by atoms with E-state index in [0.29, 0.717) is 12.1 Å². The van der Waals surface area contributed by atoms with E-state index >= 15 is 0 Å². The fourth-order valence-electron chi connectivity index (χ4n) is 3.66. The van der Waals surface area contributed by atoms with Crippen molar-refractivity contribution in [2.45, 2.75) is 12.5 Å². The van der Waals surface area contributed by atoms with Crippen LogP contribution in [0.25, 0.3) is 22.0 Å². The van der Waals surface area contributed by atoms with Crippen molar-refractivity contribution < 1.29 is 4.79 Å². The Hall–Kier alpha value is -3.27. The van der Waals surface area contributed by atoms with E-state index in [0.717, 1.165) is 22.0 Å². The molecule has 4 aromatic rings. The number of hydrogen-bond acceptors (Lipinski definition) is 3. The van der Waals surface area contributed by atoms with Crippen LogP contribution in [0.3, 0.4) is 0 Å². The van der Waals surface area contributed by atoms with E-state index in [2.05, 4.69) is 26.7 Å². The van der Waals surface area contributed by atoms with Crippen LogP contribution in [0.5, 0.6) is 0 Å². The van der Waals surface area contributed by atoms with Crippen LogP contribution in [0.1, 0.15) is 28.5 Å². The zero-order chi connectivity index (χ0) is 16.8. The van der Waals surface area contributed by atoms with Crippen molar-refractivity contribution in [2.24, 2.45) is 0 Å². The molecule has 0 radical (unpaired) electrons. The minimum absolute atomic E-state index is 0.0190. The molecule has 2 aromatic heterocycles. The van der Waals surface area contributed by atoms with Gasteiger partial charge in [0.2, 0.25) is 0 Å². The van der Waals surface area contributed by atoms with Crippen LogP contribution in [0.15, 0.2) is 73.3 Å². The maximum atomic E-state index is 12.9. The number of imidazole rings is 1. The summed E-state index contributed by atoms with van der Waals surface area (Å²) < 4.78 is 2.09. The van der Waals surface area contributed by atoms with Crippen LogP contribution in [-0.4, -0.2) is 20.3 Å². The Morgan fingerprint density at radius 1 is 1.00 bits per heavy atom. The molecule has 2 aromatic carbocycles. The molecule has 4 nitrogen and oxygen atoms in total. The standard InChI is InChI=1S/C21H15N3O/c25-21(18-9-14-5-1-2-6-15(14)11-23-18)10-19-16-7-3-4-8-17(16)20-12-22-13-24(19)20/h1-9,11-13,19H,10H2. The molecule has 0 fully saturated rings. The summed E-state index contributed by atoms with van der Waals surface area (Å²) in [5, 5.41) is 2.08. The molecular weight excluding hydrogens is 310 g/mol. The van der Waals surface area contributed by atoms with Gasteiger partial charge in [-0.2, -0.15) is 0 Å². The third-order valence-electron chi connectivity index (χ3n) is 4.89. The maximum absolute atomic E-state index is 12.9. The van der Waals surface area contributed by atoms with Crippen LogP contribution in [0, 0.1) is 0 Å². The van der Waals surface area contributed by atoms with Gasteiger partial charge in [0.25, 0.3) is 0 Å². The number of Topliss-reactive ketones (excluding diaryl/α,β-unsaturated/α-hetero) is 1. The van der Waals surface area contributed by atoms with Gasteiger partial charge in [0.05, 0.1) is 24.3 Å². The SMILES string of the molecule is O=C(CC1c2ccccc2-c2cncn21)c1cc2ccccc2cn1. The molecule has 1 atom stereocenters. The highest BCUT2D eigenvalue weighted by Crippen LogP contribution is 2.41. The first-order valence-electron chi connectivity index (χ1n) is 8.30. The number of rotatable bonds is 3. The van der Waals surface area contributed by atoms with Gasteiger partial charge in [-0.15, -0.1) is 0 Å². The molecule has 25 heavy (non-hydrogen) atoms. The van der Waals surface area contributed by atoms with E-state index < -0.39 is 0 Å². The Balaban J connectivity index is 1.51. The first kappa shape index (κ1) is 14.1. The number of carbonyl (C=O) groups is 1. The molecule has 1 unspecified atom stereocenters. The van der Waals surface area contributed by atoms with Gasteiger partial charge in [-0.25, -0.2) is 4.98 Å². The molecule has 0 spiro atoms. The molecule has 1 aliphatic rings. The average Bonchev–Trinajstić information content (AvgIpc) is 3.24. The topological polar surface area (TPSA) is 47.8 Å². The summed E-state index contributed by atoms with van der Waals surface area (Å²) in [6.45, 7) is 0. The van der Waals surface area contributed by atoms with Crippen molar-refractivity contribution in [3.05, 3.63) is 84.6 Å². The molecule has 0 aliphatic carbocycles. The number of hydrogen-bond donors (Lipinski definition) is 0. The Kier molecular flexibility index (Phi) is 3.04. The molecule has 0 bridgehead atoms. The van der Waals surface area contributed by atoms with Gasteiger partial charge < -0.3 is 4.57 Å². The van der Waals surface area contributed by atoms with Crippen molar-refractivity contribution in [3.8, 4) is 11.3 Å². The van der Waals surface area contributed by atoms with Crippen molar-refractivity contribution >= 4 is 16.6 Å². The highest BCUT2D eigenvalue weighted by Gasteiger charge is 2.30. The minimum Gasteiger partial charge on any atom is -0.322 e. The summed E-state index contributed by atoms with van der Waals surface area (Å²) in [5.74, 6) is 0.0482. The lowest BCUT2D eigenvalue weighted by Crippen LogP contribution is -2.12.